The number of amides is 1. The number of ether oxygens (including phenoxy) is 1. The van der Waals surface area contributed by atoms with Crippen molar-refractivity contribution in [1.82, 2.24) is 15.8 Å². The number of anilines is 1. The van der Waals surface area contributed by atoms with Crippen LogP contribution in [0, 0.1) is 0 Å². The molecule has 1 spiro atoms. The van der Waals surface area contributed by atoms with E-state index in [9.17, 15) is 4.79 Å². The van der Waals surface area contributed by atoms with Gasteiger partial charge in [-0.1, -0.05) is 18.2 Å². The molecule has 2 unspecified atom stereocenters. The number of carbonyl (C=O) groups is 1. The van der Waals surface area contributed by atoms with Crippen molar-refractivity contribution in [2.45, 2.75) is 30.9 Å². The Bertz CT molecular complexity index is 572. The van der Waals surface area contributed by atoms with E-state index in [1.54, 1.807) is 0 Å². The molecule has 6 nitrogen and oxygen atoms in total. The number of rotatable bonds is 2. The molecule has 0 saturated carbocycles. The van der Waals surface area contributed by atoms with Gasteiger partial charge >= 0.3 is 0 Å². The number of nitrogens with zero attached hydrogens (tertiary/aromatic N) is 2. The summed E-state index contributed by atoms with van der Waals surface area (Å²) in [5.41, 5.74) is 7.16. The second kappa shape index (κ2) is 6.70. The quantitative estimate of drug-likeness (QED) is 0.838. The van der Waals surface area contributed by atoms with E-state index in [0.717, 1.165) is 38.9 Å². The molecule has 1 aromatic carbocycles. The molecule has 3 saturated heterocycles. The Hall–Kier alpha value is -1.63. The van der Waals surface area contributed by atoms with Gasteiger partial charge < -0.3 is 14.5 Å². The number of hydrazine groups is 1. The summed E-state index contributed by atoms with van der Waals surface area (Å²) in [5.74, 6) is 0.208. The average molecular weight is 330 g/mol. The first-order chi connectivity index (χ1) is 11.8. The first kappa shape index (κ1) is 15.9. The molecule has 0 aliphatic carbocycles. The van der Waals surface area contributed by atoms with Gasteiger partial charge in [0.1, 0.15) is 11.6 Å². The van der Waals surface area contributed by atoms with Crippen molar-refractivity contribution in [3.8, 4) is 0 Å². The van der Waals surface area contributed by atoms with Crippen molar-refractivity contribution in [3.05, 3.63) is 30.3 Å². The molecule has 130 valence electrons. The zero-order chi connectivity index (χ0) is 16.4. The summed E-state index contributed by atoms with van der Waals surface area (Å²) in [6.07, 6.45) is 2.98. The maximum Gasteiger partial charge on any atom is 0.241 e. The van der Waals surface area contributed by atoms with E-state index in [1.807, 2.05) is 11.0 Å². The van der Waals surface area contributed by atoms with Gasteiger partial charge in [0.25, 0.3) is 0 Å². The highest BCUT2D eigenvalue weighted by molar-refractivity contribution is 5.82. The normalized spacial score (nSPS) is 30.8. The molecule has 0 radical (unpaired) electrons. The molecule has 0 aromatic heterocycles. The molecule has 3 fully saturated rings. The van der Waals surface area contributed by atoms with Gasteiger partial charge in [0, 0.05) is 31.9 Å². The predicted molar refractivity (Wildman–Crippen MR) is 92.7 cm³/mol. The Morgan fingerprint density at radius 3 is 2.88 bits per heavy atom. The van der Waals surface area contributed by atoms with Crippen molar-refractivity contribution >= 4 is 11.6 Å². The highest BCUT2D eigenvalue weighted by Gasteiger charge is 2.43. The Morgan fingerprint density at radius 2 is 2.08 bits per heavy atom. The lowest BCUT2D eigenvalue weighted by Crippen LogP contribution is -2.62. The molecule has 24 heavy (non-hydrogen) atoms. The van der Waals surface area contributed by atoms with Crippen LogP contribution in [0.3, 0.4) is 0 Å². The fraction of sp³-hybridized carbons (Fsp3) is 0.611. The predicted octanol–water partition coefficient (Wildman–Crippen LogP) is 0.751. The van der Waals surface area contributed by atoms with E-state index in [2.05, 4.69) is 40.0 Å². The van der Waals surface area contributed by atoms with Crippen LogP contribution in [0.1, 0.15) is 19.3 Å². The van der Waals surface area contributed by atoms with E-state index < -0.39 is 0 Å². The van der Waals surface area contributed by atoms with Gasteiger partial charge in [-0.2, -0.15) is 0 Å². The van der Waals surface area contributed by atoms with Crippen LogP contribution in [0.25, 0.3) is 0 Å². The highest BCUT2D eigenvalue weighted by Crippen LogP contribution is 2.31. The molecule has 2 atom stereocenters. The summed E-state index contributed by atoms with van der Waals surface area (Å²) >= 11 is 0. The number of morpholine rings is 1. The van der Waals surface area contributed by atoms with Crippen LogP contribution in [0.5, 0.6) is 0 Å². The summed E-state index contributed by atoms with van der Waals surface area (Å²) in [6, 6.07) is 10.4. The Kier molecular flexibility index (Phi) is 4.43. The van der Waals surface area contributed by atoms with Gasteiger partial charge in [-0.25, -0.2) is 5.43 Å². The van der Waals surface area contributed by atoms with Gasteiger partial charge in [0.15, 0.2) is 0 Å². The van der Waals surface area contributed by atoms with Crippen LogP contribution in [0.15, 0.2) is 30.3 Å². The number of para-hydroxylation sites is 1. The first-order valence-electron chi connectivity index (χ1n) is 8.97. The van der Waals surface area contributed by atoms with Gasteiger partial charge in [-0.05, 0) is 31.4 Å². The second-order valence-electron chi connectivity index (χ2n) is 7.06. The lowest BCUT2D eigenvalue weighted by molar-refractivity contribution is -0.153. The minimum Gasteiger partial charge on any atom is -0.369 e. The second-order valence-corrected chi connectivity index (χ2v) is 7.06. The number of hydrogen-bond acceptors (Lipinski definition) is 5. The molecule has 2 N–H and O–H groups in total. The van der Waals surface area contributed by atoms with E-state index in [-0.39, 0.29) is 17.6 Å². The maximum absolute atomic E-state index is 12.7. The minimum atomic E-state index is -0.228. The van der Waals surface area contributed by atoms with Gasteiger partial charge in [0.05, 0.1) is 13.2 Å². The number of hydrogen-bond donors (Lipinski definition) is 2. The van der Waals surface area contributed by atoms with Crippen molar-refractivity contribution in [2.75, 3.05) is 44.2 Å². The van der Waals surface area contributed by atoms with Crippen LogP contribution in [0.4, 0.5) is 5.69 Å². The molecule has 3 aliphatic heterocycles. The third kappa shape index (κ3) is 3.14. The standard InChI is InChI=1S/C18H26N4O2/c23-17(16-7-9-19-20-16)22-11-12-24-18(14-22)8-4-10-21(13-18)15-5-2-1-3-6-15/h1-3,5-6,16,19-20H,4,7-14H2. The summed E-state index contributed by atoms with van der Waals surface area (Å²) in [5, 5.41) is 0. The molecule has 4 rings (SSSR count). The van der Waals surface area contributed by atoms with Crippen LogP contribution < -0.4 is 15.8 Å². The van der Waals surface area contributed by atoms with Crippen molar-refractivity contribution in [3.63, 3.8) is 0 Å². The zero-order valence-electron chi connectivity index (χ0n) is 14.0. The molecular weight excluding hydrogens is 304 g/mol. The Morgan fingerprint density at radius 1 is 1.21 bits per heavy atom. The van der Waals surface area contributed by atoms with Crippen LogP contribution >= 0.6 is 0 Å². The fourth-order valence-electron chi connectivity index (χ4n) is 4.13. The third-order valence-electron chi connectivity index (χ3n) is 5.35. The summed E-state index contributed by atoms with van der Waals surface area (Å²) < 4.78 is 6.23. The van der Waals surface area contributed by atoms with Crippen molar-refractivity contribution in [1.29, 1.82) is 0 Å². The minimum absolute atomic E-state index is 0.0889. The van der Waals surface area contributed by atoms with E-state index in [0.29, 0.717) is 19.7 Å². The average Bonchev–Trinajstić information content (AvgIpc) is 3.17. The molecule has 1 amide bonds. The molecule has 0 bridgehead atoms. The highest BCUT2D eigenvalue weighted by atomic mass is 16.5. The maximum atomic E-state index is 12.7. The monoisotopic (exact) mass is 330 g/mol. The van der Waals surface area contributed by atoms with Gasteiger partial charge in [0.2, 0.25) is 5.91 Å². The summed E-state index contributed by atoms with van der Waals surface area (Å²) in [7, 11) is 0. The van der Waals surface area contributed by atoms with E-state index in [4.69, 9.17) is 4.74 Å². The molecule has 3 heterocycles. The largest absolute Gasteiger partial charge is 0.369 e. The van der Waals surface area contributed by atoms with Crippen molar-refractivity contribution in [2.24, 2.45) is 0 Å². The topological polar surface area (TPSA) is 56.8 Å². The van der Waals surface area contributed by atoms with Crippen LogP contribution in [-0.2, 0) is 9.53 Å². The van der Waals surface area contributed by atoms with Gasteiger partial charge in [-0.15, -0.1) is 0 Å². The van der Waals surface area contributed by atoms with E-state index >= 15 is 0 Å². The first-order valence-corrected chi connectivity index (χ1v) is 8.97. The Balaban J connectivity index is 1.46. The Labute approximate surface area is 143 Å². The summed E-state index contributed by atoms with van der Waals surface area (Å²) in [6.45, 7) is 4.80. The molecular formula is C18H26N4O2. The van der Waals surface area contributed by atoms with E-state index in [1.165, 1.54) is 5.69 Å². The SMILES string of the molecule is O=C(C1CCNN1)N1CCOC2(CCCN(c3ccccc3)C2)C1. The molecule has 1 aromatic rings. The molecule has 3 aliphatic rings. The smallest absolute Gasteiger partial charge is 0.241 e. The van der Waals surface area contributed by atoms with Crippen molar-refractivity contribution < 1.29 is 9.53 Å². The molecule has 6 heteroatoms. The fourth-order valence-corrected chi connectivity index (χ4v) is 4.13. The number of nitrogens with one attached hydrogen (secondary N) is 2. The number of carbonyl (C=O) groups excluding carboxylic acids is 1. The third-order valence-corrected chi connectivity index (χ3v) is 5.35. The lowest BCUT2D eigenvalue weighted by Gasteiger charge is -2.49. The van der Waals surface area contributed by atoms with Crippen LogP contribution in [-0.4, -0.2) is 61.8 Å². The number of benzene rings is 1. The van der Waals surface area contributed by atoms with Gasteiger partial charge in [-0.3, -0.25) is 10.2 Å². The zero-order valence-corrected chi connectivity index (χ0v) is 14.0. The number of piperidine rings is 1. The lowest BCUT2D eigenvalue weighted by atomic mass is 9.90. The van der Waals surface area contributed by atoms with Crippen LogP contribution in [0.2, 0.25) is 0 Å². The summed E-state index contributed by atoms with van der Waals surface area (Å²) in [4.78, 5) is 17.1.